The fraction of sp³-hybridized carbons (Fsp3) is 0.0769. The smallest absolute Gasteiger partial charge is 0.173 e. The monoisotopic (exact) mass is 298 g/mol. The molecule has 0 saturated heterocycles. The van der Waals surface area contributed by atoms with Gasteiger partial charge in [0.05, 0.1) is 11.5 Å². The first-order valence-corrected chi connectivity index (χ1v) is 8.06. The summed E-state index contributed by atoms with van der Waals surface area (Å²) in [5.41, 5.74) is 0.771. The highest BCUT2D eigenvalue weighted by molar-refractivity contribution is 8.30. The summed E-state index contributed by atoms with van der Waals surface area (Å²) in [5.74, 6) is 0. The van der Waals surface area contributed by atoms with Crippen molar-refractivity contribution in [2.45, 2.75) is 11.5 Å². The lowest BCUT2D eigenvalue weighted by atomic mass is 10.2. The topological polar surface area (TPSA) is 26.3 Å². The van der Waals surface area contributed by atoms with Gasteiger partial charge in [0.25, 0.3) is 0 Å². The van der Waals surface area contributed by atoms with Crippen LogP contribution in [0, 0.1) is 0 Å². The lowest BCUT2D eigenvalue weighted by molar-refractivity contribution is 0.335. The average molecular weight is 299 g/mol. The molecule has 5 heteroatoms. The van der Waals surface area contributed by atoms with E-state index >= 15 is 0 Å². The third-order valence-electron chi connectivity index (χ3n) is 2.36. The van der Waals surface area contributed by atoms with Crippen LogP contribution >= 0.6 is 11.6 Å². The Balaban J connectivity index is 2.14. The fourth-order valence-corrected chi connectivity index (χ4v) is 2.99. The third kappa shape index (κ3) is 3.29. The molecular formula is C13H11ClO2S2. The molecule has 1 atom stereocenters. The summed E-state index contributed by atoms with van der Waals surface area (Å²) in [5, 5.41) is 0.579. The molecule has 2 aromatic carbocycles. The molecule has 0 saturated carbocycles. The Hall–Kier alpha value is -0.940. The van der Waals surface area contributed by atoms with E-state index in [0.29, 0.717) is 9.92 Å². The lowest BCUT2D eigenvalue weighted by Gasteiger charge is -2.09. The van der Waals surface area contributed by atoms with Gasteiger partial charge in [0, 0.05) is 16.2 Å². The van der Waals surface area contributed by atoms with E-state index in [-0.39, 0.29) is 6.61 Å². The molecule has 0 fully saturated rings. The maximum absolute atomic E-state index is 12.2. The molecule has 2 rings (SSSR count). The minimum Gasteiger partial charge on any atom is -0.282 e. The Bertz CT molecular complexity index is 624. The molecule has 0 aliphatic rings. The van der Waals surface area contributed by atoms with Gasteiger partial charge in [-0.05, 0) is 23.8 Å². The summed E-state index contributed by atoms with van der Waals surface area (Å²) in [7, 11) is -2.90. The second kappa shape index (κ2) is 5.80. The van der Waals surface area contributed by atoms with Gasteiger partial charge in [-0.25, -0.2) is 4.21 Å². The van der Waals surface area contributed by atoms with Crippen LogP contribution in [0.4, 0.5) is 0 Å². The Morgan fingerprint density at radius 3 is 2.33 bits per heavy atom. The van der Waals surface area contributed by atoms with E-state index in [1.807, 2.05) is 24.3 Å². The zero-order valence-electron chi connectivity index (χ0n) is 9.41. The molecular weight excluding hydrogens is 288 g/mol. The molecule has 0 spiro atoms. The molecule has 94 valence electrons. The van der Waals surface area contributed by atoms with Crippen molar-refractivity contribution < 1.29 is 8.39 Å². The number of halogens is 1. The van der Waals surface area contributed by atoms with Crippen LogP contribution in [0.25, 0.3) is 0 Å². The van der Waals surface area contributed by atoms with Crippen LogP contribution < -0.4 is 0 Å². The van der Waals surface area contributed by atoms with Crippen molar-refractivity contribution in [2.75, 3.05) is 0 Å². The zero-order valence-corrected chi connectivity index (χ0v) is 11.8. The molecule has 0 aromatic heterocycles. The molecule has 0 N–H and O–H groups in total. The molecule has 0 aliphatic carbocycles. The molecule has 2 aromatic rings. The normalized spacial score (nSPS) is 14.1. The Morgan fingerprint density at radius 2 is 1.67 bits per heavy atom. The number of hydrogen-bond donors (Lipinski definition) is 0. The maximum atomic E-state index is 12.2. The van der Waals surface area contributed by atoms with E-state index in [1.54, 1.807) is 30.3 Å². The summed E-state index contributed by atoms with van der Waals surface area (Å²) in [6, 6.07) is 16.0. The molecule has 2 nitrogen and oxygen atoms in total. The van der Waals surface area contributed by atoms with Crippen molar-refractivity contribution in [1.82, 2.24) is 0 Å². The second-order valence-corrected chi connectivity index (χ2v) is 6.96. The van der Waals surface area contributed by atoms with Gasteiger partial charge < -0.3 is 0 Å². The van der Waals surface area contributed by atoms with Crippen LogP contribution in [0.5, 0.6) is 0 Å². The second-order valence-electron chi connectivity index (χ2n) is 3.62. The SMILES string of the molecule is O=S(=S)(OCc1ccccc1Cl)c1ccccc1. The van der Waals surface area contributed by atoms with Crippen LogP contribution in [-0.4, -0.2) is 4.21 Å². The minimum atomic E-state index is -2.90. The number of hydrogen-bond acceptors (Lipinski definition) is 3. The molecule has 0 heterocycles. The fourth-order valence-electron chi connectivity index (χ4n) is 1.41. The van der Waals surface area contributed by atoms with Crippen molar-refractivity contribution in [3.05, 3.63) is 65.2 Å². The third-order valence-corrected chi connectivity index (χ3v) is 4.87. The zero-order chi connectivity index (χ0) is 13.0. The standard InChI is InChI=1S/C13H11ClO2S2/c14-13-9-5-4-6-11(13)10-16-18(15,17)12-7-2-1-3-8-12/h1-9H,10H2. The molecule has 0 radical (unpaired) electrons. The van der Waals surface area contributed by atoms with E-state index in [0.717, 1.165) is 5.56 Å². The molecule has 1 unspecified atom stereocenters. The van der Waals surface area contributed by atoms with Crippen LogP contribution in [0.1, 0.15) is 5.56 Å². The predicted molar refractivity (Wildman–Crippen MR) is 76.5 cm³/mol. The average Bonchev–Trinajstić information content (AvgIpc) is 2.39. The highest BCUT2D eigenvalue weighted by Gasteiger charge is 2.11. The van der Waals surface area contributed by atoms with E-state index in [1.165, 1.54) is 0 Å². The van der Waals surface area contributed by atoms with Crippen LogP contribution in [0.2, 0.25) is 5.02 Å². The van der Waals surface area contributed by atoms with Gasteiger partial charge >= 0.3 is 0 Å². The van der Waals surface area contributed by atoms with E-state index in [2.05, 4.69) is 0 Å². The van der Waals surface area contributed by atoms with Crippen molar-refractivity contribution >= 4 is 31.6 Å². The van der Waals surface area contributed by atoms with Gasteiger partial charge in [-0.3, -0.25) is 4.18 Å². The molecule has 0 amide bonds. The number of rotatable bonds is 4. The van der Waals surface area contributed by atoms with Gasteiger partial charge in [0.15, 0.2) is 8.77 Å². The molecule has 0 bridgehead atoms. The maximum Gasteiger partial charge on any atom is 0.173 e. The van der Waals surface area contributed by atoms with Crippen LogP contribution in [-0.2, 0) is 30.8 Å². The summed E-state index contributed by atoms with van der Waals surface area (Å²) >= 11 is 11.0. The Morgan fingerprint density at radius 1 is 1.06 bits per heavy atom. The van der Waals surface area contributed by atoms with Gasteiger partial charge in [-0.1, -0.05) is 48.0 Å². The first kappa shape index (κ1) is 13.5. The molecule has 18 heavy (non-hydrogen) atoms. The van der Waals surface area contributed by atoms with Crippen LogP contribution in [0.15, 0.2) is 59.5 Å². The largest absolute Gasteiger partial charge is 0.282 e. The van der Waals surface area contributed by atoms with Crippen molar-refractivity contribution in [3.63, 3.8) is 0 Å². The van der Waals surface area contributed by atoms with Gasteiger partial charge in [0.2, 0.25) is 0 Å². The Labute approximate surface area is 116 Å². The number of benzene rings is 2. The predicted octanol–water partition coefficient (Wildman–Crippen LogP) is 3.58. The summed E-state index contributed by atoms with van der Waals surface area (Å²) < 4.78 is 17.6. The quantitative estimate of drug-likeness (QED) is 0.863. The minimum absolute atomic E-state index is 0.136. The first-order valence-electron chi connectivity index (χ1n) is 5.27. The summed E-state index contributed by atoms with van der Waals surface area (Å²) in [4.78, 5) is 0.507. The first-order chi connectivity index (χ1) is 8.59. The van der Waals surface area contributed by atoms with Crippen molar-refractivity contribution in [3.8, 4) is 0 Å². The lowest BCUT2D eigenvalue weighted by Crippen LogP contribution is -2.05. The molecule has 0 aliphatic heterocycles. The van der Waals surface area contributed by atoms with Gasteiger partial charge in [-0.15, -0.1) is 0 Å². The van der Waals surface area contributed by atoms with Crippen molar-refractivity contribution in [1.29, 1.82) is 0 Å². The van der Waals surface area contributed by atoms with E-state index in [9.17, 15) is 4.21 Å². The summed E-state index contributed by atoms with van der Waals surface area (Å²) in [6.07, 6.45) is 0. The highest BCUT2D eigenvalue weighted by atomic mass is 35.5. The Kier molecular flexibility index (Phi) is 4.35. The van der Waals surface area contributed by atoms with Gasteiger partial charge in [-0.2, -0.15) is 0 Å². The van der Waals surface area contributed by atoms with Crippen molar-refractivity contribution in [2.24, 2.45) is 0 Å². The summed E-state index contributed by atoms with van der Waals surface area (Å²) in [6.45, 7) is 0.136. The highest BCUT2D eigenvalue weighted by Crippen LogP contribution is 2.19. The van der Waals surface area contributed by atoms with Gasteiger partial charge in [0.1, 0.15) is 0 Å². The van der Waals surface area contributed by atoms with Crippen LogP contribution in [0.3, 0.4) is 0 Å². The van der Waals surface area contributed by atoms with E-state index in [4.69, 9.17) is 27.0 Å². The van der Waals surface area contributed by atoms with E-state index < -0.39 is 8.77 Å².